The van der Waals surface area contributed by atoms with E-state index in [4.69, 9.17) is 0 Å². The molecule has 140 valence electrons. The second-order valence-corrected chi connectivity index (χ2v) is 7.21. The molecule has 2 aliphatic rings. The van der Waals surface area contributed by atoms with Crippen molar-refractivity contribution in [1.82, 2.24) is 25.2 Å². The van der Waals surface area contributed by atoms with E-state index in [0.29, 0.717) is 18.3 Å². The molecule has 0 unspecified atom stereocenters. The zero-order chi connectivity index (χ0) is 17.1. The first-order valence-electron chi connectivity index (χ1n) is 9.24. The van der Waals surface area contributed by atoms with Gasteiger partial charge in [-0.3, -0.25) is 4.79 Å². The molecule has 1 aromatic heterocycles. The Balaban J connectivity index is 0.00000196. The van der Waals surface area contributed by atoms with Gasteiger partial charge in [-0.15, -0.1) is 17.5 Å². The Morgan fingerprint density at radius 3 is 2.54 bits per heavy atom. The molecule has 1 aromatic carbocycles. The van der Waals surface area contributed by atoms with Crippen molar-refractivity contribution in [2.75, 3.05) is 19.6 Å². The maximum atomic E-state index is 12.6. The largest absolute Gasteiger partial charge is 0.337 e. The standard InChI is InChI=1S/C19H25N5O.ClH/c25-19(23-10-8-17(9-11-23)20-12-15-6-7-15)18-14-24(22-21-18)13-16-4-2-1-3-5-16;/h1-5,14-15,17,20H,6-13H2;1H. The minimum Gasteiger partial charge on any atom is -0.337 e. The molecule has 0 spiro atoms. The highest BCUT2D eigenvalue weighted by Crippen LogP contribution is 2.28. The molecule has 1 aliphatic heterocycles. The van der Waals surface area contributed by atoms with E-state index >= 15 is 0 Å². The molecule has 2 fully saturated rings. The van der Waals surface area contributed by atoms with Gasteiger partial charge in [0, 0.05) is 19.1 Å². The number of hydrogen-bond donors (Lipinski definition) is 1. The summed E-state index contributed by atoms with van der Waals surface area (Å²) in [5.41, 5.74) is 1.59. The molecular formula is C19H26ClN5O. The van der Waals surface area contributed by atoms with Crippen LogP contribution in [0.25, 0.3) is 0 Å². The fraction of sp³-hybridized carbons (Fsp3) is 0.526. The van der Waals surface area contributed by atoms with Crippen LogP contribution in [0.3, 0.4) is 0 Å². The van der Waals surface area contributed by atoms with Crippen LogP contribution >= 0.6 is 12.4 Å². The topological polar surface area (TPSA) is 63.1 Å². The van der Waals surface area contributed by atoms with Crippen LogP contribution in [0.2, 0.25) is 0 Å². The second kappa shape index (κ2) is 8.64. The summed E-state index contributed by atoms with van der Waals surface area (Å²) in [5, 5.41) is 11.8. The number of benzene rings is 1. The van der Waals surface area contributed by atoms with Gasteiger partial charge in [0.25, 0.3) is 5.91 Å². The quantitative estimate of drug-likeness (QED) is 0.841. The van der Waals surface area contributed by atoms with E-state index in [2.05, 4.69) is 15.6 Å². The van der Waals surface area contributed by atoms with Gasteiger partial charge in [0.1, 0.15) is 0 Å². The van der Waals surface area contributed by atoms with Gasteiger partial charge in [-0.25, -0.2) is 4.68 Å². The number of hydrogen-bond acceptors (Lipinski definition) is 4. The number of rotatable bonds is 6. The SMILES string of the molecule is Cl.O=C(c1cn(Cc2ccccc2)nn1)N1CCC(NCC2CC2)CC1. The van der Waals surface area contributed by atoms with E-state index in [1.54, 1.807) is 10.9 Å². The van der Waals surface area contributed by atoms with Crippen molar-refractivity contribution in [2.24, 2.45) is 5.92 Å². The van der Waals surface area contributed by atoms with E-state index < -0.39 is 0 Å². The van der Waals surface area contributed by atoms with Crippen molar-refractivity contribution in [3.8, 4) is 0 Å². The summed E-state index contributed by atoms with van der Waals surface area (Å²) in [7, 11) is 0. The highest BCUT2D eigenvalue weighted by molar-refractivity contribution is 5.92. The molecule has 1 amide bonds. The number of aromatic nitrogens is 3. The van der Waals surface area contributed by atoms with Crippen molar-refractivity contribution in [1.29, 1.82) is 0 Å². The summed E-state index contributed by atoms with van der Waals surface area (Å²) >= 11 is 0. The minimum absolute atomic E-state index is 0. The average Bonchev–Trinajstić information content (AvgIpc) is 3.38. The lowest BCUT2D eigenvalue weighted by Gasteiger charge is -2.32. The molecule has 2 aromatic rings. The Hall–Kier alpha value is -1.92. The predicted molar refractivity (Wildman–Crippen MR) is 102 cm³/mol. The van der Waals surface area contributed by atoms with E-state index in [9.17, 15) is 4.79 Å². The molecule has 0 bridgehead atoms. The van der Waals surface area contributed by atoms with E-state index in [0.717, 1.165) is 44.0 Å². The van der Waals surface area contributed by atoms with Gasteiger partial charge >= 0.3 is 0 Å². The molecule has 2 heterocycles. The highest BCUT2D eigenvalue weighted by Gasteiger charge is 2.27. The van der Waals surface area contributed by atoms with Crippen molar-refractivity contribution < 1.29 is 4.79 Å². The first kappa shape index (κ1) is 18.9. The molecule has 1 aliphatic carbocycles. The third-order valence-corrected chi connectivity index (χ3v) is 5.12. The lowest BCUT2D eigenvalue weighted by molar-refractivity contribution is 0.0699. The maximum Gasteiger partial charge on any atom is 0.276 e. The predicted octanol–water partition coefficient (Wildman–Crippen LogP) is 2.35. The Kier molecular flexibility index (Phi) is 6.27. The first-order chi connectivity index (χ1) is 12.3. The van der Waals surface area contributed by atoms with E-state index in [-0.39, 0.29) is 18.3 Å². The van der Waals surface area contributed by atoms with Gasteiger partial charge < -0.3 is 10.2 Å². The minimum atomic E-state index is -0.0000420. The number of piperidine rings is 1. The lowest BCUT2D eigenvalue weighted by atomic mass is 10.0. The number of carbonyl (C=O) groups excluding carboxylic acids is 1. The molecule has 0 radical (unpaired) electrons. The fourth-order valence-corrected chi connectivity index (χ4v) is 3.35. The molecule has 26 heavy (non-hydrogen) atoms. The summed E-state index contributed by atoms with van der Waals surface area (Å²) in [6.07, 6.45) is 6.56. The second-order valence-electron chi connectivity index (χ2n) is 7.21. The molecule has 0 atom stereocenters. The van der Waals surface area contributed by atoms with Crippen LogP contribution < -0.4 is 5.32 Å². The van der Waals surface area contributed by atoms with Gasteiger partial charge in [0.15, 0.2) is 5.69 Å². The smallest absolute Gasteiger partial charge is 0.276 e. The number of amides is 1. The van der Waals surface area contributed by atoms with Gasteiger partial charge in [-0.1, -0.05) is 35.5 Å². The van der Waals surface area contributed by atoms with E-state index in [1.807, 2.05) is 35.2 Å². The average molecular weight is 376 g/mol. The summed E-state index contributed by atoms with van der Waals surface area (Å²) in [4.78, 5) is 14.5. The highest BCUT2D eigenvalue weighted by atomic mass is 35.5. The van der Waals surface area contributed by atoms with Crippen LogP contribution in [0.1, 0.15) is 41.7 Å². The number of halogens is 1. The summed E-state index contributed by atoms with van der Waals surface area (Å²) < 4.78 is 1.73. The molecule has 7 heteroatoms. The van der Waals surface area contributed by atoms with E-state index in [1.165, 1.54) is 12.8 Å². The fourth-order valence-electron chi connectivity index (χ4n) is 3.35. The van der Waals surface area contributed by atoms with Crippen molar-refractivity contribution in [2.45, 2.75) is 38.3 Å². The summed E-state index contributed by atoms with van der Waals surface area (Å²) in [6, 6.07) is 10.6. The number of nitrogens with zero attached hydrogens (tertiary/aromatic N) is 4. The molecule has 1 N–H and O–H groups in total. The Bertz CT molecular complexity index is 708. The monoisotopic (exact) mass is 375 g/mol. The van der Waals surface area contributed by atoms with Crippen molar-refractivity contribution in [3.63, 3.8) is 0 Å². The Morgan fingerprint density at radius 2 is 1.85 bits per heavy atom. The molecule has 4 rings (SSSR count). The first-order valence-corrected chi connectivity index (χ1v) is 9.24. The van der Waals surface area contributed by atoms with Crippen LogP contribution in [0.15, 0.2) is 36.5 Å². The third-order valence-electron chi connectivity index (χ3n) is 5.12. The number of carbonyl (C=O) groups is 1. The third kappa shape index (κ3) is 4.83. The summed E-state index contributed by atoms with van der Waals surface area (Å²) in [6.45, 7) is 3.38. The summed E-state index contributed by atoms with van der Waals surface area (Å²) in [5.74, 6) is 0.902. The van der Waals surface area contributed by atoms with Crippen LogP contribution in [0.4, 0.5) is 0 Å². The van der Waals surface area contributed by atoms with Gasteiger partial charge in [-0.2, -0.15) is 0 Å². The molecule has 1 saturated heterocycles. The Morgan fingerprint density at radius 1 is 1.12 bits per heavy atom. The molecule has 1 saturated carbocycles. The van der Waals surface area contributed by atoms with Crippen LogP contribution in [0, 0.1) is 5.92 Å². The maximum absolute atomic E-state index is 12.6. The lowest BCUT2D eigenvalue weighted by Crippen LogP contribution is -2.45. The van der Waals surface area contributed by atoms with Gasteiger partial charge in [-0.05, 0) is 43.7 Å². The number of likely N-dealkylation sites (tertiary alicyclic amines) is 1. The van der Waals surface area contributed by atoms with Gasteiger partial charge in [0.05, 0.1) is 12.7 Å². The van der Waals surface area contributed by atoms with Crippen molar-refractivity contribution >= 4 is 18.3 Å². The number of nitrogens with one attached hydrogen (secondary N) is 1. The van der Waals surface area contributed by atoms with Gasteiger partial charge in [0.2, 0.25) is 0 Å². The normalized spacial score (nSPS) is 17.8. The molecule has 6 nitrogen and oxygen atoms in total. The van der Waals surface area contributed by atoms with Crippen LogP contribution in [-0.2, 0) is 6.54 Å². The van der Waals surface area contributed by atoms with Crippen molar-refractivity contribution in [3.05, 3.63) is 47.8 Å². The Labute approximate surface area is 160 Å². The zero-order valence-electron chi connectivity index (χ0n) is 14.9. The zero-order valence-corrected chi connectivity index (χ0v) is 15.7. The van der Waals surface area contributed by atoms with Crippen LogP contribution in [-0.4, -0.2) is 51.5 Å². The molecular weight excluding hydrogens is 350 g/mol. The van der Waals surface area contributed by atoms with Crippen LogP contribution in [0.5, 0.6) is 0 Å².